The van der Waals surface area contributed by atoms with Crippen LogP contribution in [0.3, 0.4) is 0 Å². The lowest BCUT2D eigenvalue weighted by Crippen LogP contribution is -2.14. The van der Waals surface area contributed by atoms with E-state index in [1.807, 2.05) is 6.07 Å². The van der Waals surface area contributed by atoms with Gasteiger partial charge in [0.2, 0.25) is 0 Å². The first-order chi connectivity index (χ1) is 7.75. The van der Waals surface area contributed by atoms with E-state index < -0.39 is 5.91 Å². The van der Waals surface area contributed by atoms with Crippen molar-refractivity contribution in [2.24, 2.45) is 5.73 Å². The predicted molar refractivity (Wildman–Crippen MR) is 56.5 cm³/mol. The second-order valence-electron chi connectivity index (χ2n) is 3.10. The number of primary amides is 1. The van der Waals surface area contributed by atoms with Gasteiger partial charge in [0.05, 0.1) is 12.2 Å². The Labute approximate surface area is 91.1 Å². The third kappa shape index (κ3) is 2.32. The van der Waals surface area contributed by atoms with Crippen molar-refractivity contribution in [2.75, 3.05) is 5.32 Å². The number of hydrogen-bond donors (Lipinski definition) is 3. The van der Waals surface area contributed by atoms with Gasteiger partial charge in [0, 0.05) is 6.20 Å². The van der Waals surface area contributed by atoms with E-state index in [4.69, 9.17) is 5.73 Å². The van der Waals surface area contributed by atoms with Gasteiger partial charge in [-0.15, -0.1) is 10.2 Å². The van der Waals surface area contributed by atoms with Crippen LogP contribution in [-0.2, 0) is 6.54 Å². The van der Waals surface area contributed by atoms with Crippen LogP contribution in [0.2, 0.25) is 0 Å². The summed E-state index contributed by atoms with van der Waals surface area (Å²) in [6.07, 6.45) is 1.67. The summed E-state index contributed by atoms with van der Waals surface area (Å²) in [5, 5.41) is 17.1. The van der Waals surface area contributed by atoms with E-state index in [0.29, 0.717) is 12.4 Å². The number of carbonyl (C=O) groups excluding carboxylic acids is 1. The lowest BCUT2D eigenvalue weighted by Gasteiger charge is -2.02. The van der Waals surface area contributed by atoms with Crippen LogP contribution < -0.4 is 11.1 Å². The molecule has 7 heteroatoms. The first-order valence-corrected chi connectivity index (χ1v) is 4.61. The van der Waals surface area contributed by atoms with Crippen LogP contribution in [-0.4, -0.2) is 26.3 Å². The highest BCUT2D eigenvalue weighted by atomic mass is 16.1. The average Bonchev–Trinajstić information content (AvgIpc) is 2.80. The van der Waals surface area contributed by atoms with Gasteiger partial charge in [-0.25, -0.2) is 0 Å². The minimum absolute atomic E-state index is 0.145. The molecule has 0 aliphatic heterocycles. The zero-order chi connectivity index (χ0) is 11.4. The van der Waals surface area contributed by atoms with Gasteiger partial charge in [-0.2, -0.15) is 5.10 Å². The standard InChI is InChI=1S/C9H10N6O/c10-9(16)7-1-2-8(15-14-7)11-5-6-3-4-12-13-6/h1-4H,5H2,(H2,10,16)(H,11,15)(H,12,13). The molecule has 0 saturated heterocycles. The maximum absolute atomic E-state index is 10.7. The number of rotatable bonds is 4. The van der Waals surface area contributed by atoms with Gasteiger partial charge in [-0.3, -0.25) is 9.89 Å². The molecule has 2 rings (SSSR count). The van der Waals surface area contributed by atoms with E-state index in [2.05, 4.69) is 25.7 Å². The van der Waals surface area contributed by atoms with Gasteiger partial charge in [-0.05, 0) is 18.2 Å². The lowest BCUT2D eigenvalue weighted by atomic mass is 10.3. The van der Waals surface area contributed by atoms with E-state index in [9.17, 15) is 4.79 Å². The highest BCUT2D eigenvalue weighted by molar-refractivity contribution is 5.90. The summed E-state index contributed by atoms with van der Waals surface area (Å²) >= 11 is 0. The number of anilines is 1. The fraction of sp³-hybridized carbons (Fsp3) is 0.111. The Morgan fingerprint density at radius 2 is 2.25 bits per heavy atom. The van der Waals surface area contributed by atoms with E-state index in [-0.39, 0.29) is 5.69 Å². The van der Waals surface area contributed by atoms with Gasteiger partial charge in [0.25, 0.3) is 5.91 Å². The van der Waals surface area contributed by atoms with Crippen LogP contribution in [0.15, 0.2) is 24.4 Å². The van der Waals surface area contributed by atoms with Crippen molar-refractivity contribution in [1.29, 1.82) is 0 Å². The maximum Gasteiger partial charge on any atom is 0.269 e. The second-order valence-corrected chi connectivity index (χ2v) is 3.10. The molecule has 0 fully saturated rings. The molecule has 2 aromatic heterocycles. The van der Waals surface area contributed by atoms with Crippen molar-refractivity contribution in [3.63, 3.8) is 0 Å². The number of nitrogens with zero attached hydrogens (tertiary/aromatic N) is 3. The molecule has 0 aromatic carbocycles. The minimum atomic E-state index is -0.590. The summed E-state index contributed by atoms with van der Waals surface area (Å²) in [6, 6.07) is 5.01. The van der Waals surface area contributed by atoms with Crippen LogP contribution in [0.5, 0.6) is 0 Å². The molecule has 2 aromatic rings. The smallest absolute Gasteiger partial charge is 0.269 e. The van der Waals surface area contributed by atoms with Gasteiger partial charge in [0.15, 0.2) is 5.69 Å². The molecule has 0 spiro atoms. The van der Waals surface area contributed by atoms with Gasteiger partial charge >= 0.3 is 0 Å². The molecule has 1 amide bonds. The Morgan fingerprint density at radius 3 is 2.81 bits per heavy atom. The van der Waals surface area contributed by atoms with Gasteiger partial charge in [-0.1, -0.05) is 0 Å². The lowest BCUT2D eigenvalue weighted by molar-refractivity contribution is 0.0994. The summed E-state index contributed by atoms with van der Waals surface area (Å²) < 4.78 is 0. The Kier molecular flexibility index (Phi) is 2.77. The van der Waals surface area contributed by atoms with Gasteiger partial charge < -0.3 is 11.1 Å². The predicted octanol–water partition coefficient (Wildman–Crippen LogP) is -0.0893. The molecule has 0 bridgehead atoms. The monoisotopic (exact) mass is 218 g/mol. The Hall–Kier alpha value is -2.44. The third-order valence-corrected chi connectivity index (χ3v) is 1.94. The summed E-state index contributed by atoms with van der Waals surface area (Å²) in [7, 11) is 0. The number of nitrogens with one attached hydrogen (secondary N) is 2. The number of H-pyrrole nitrogens is 1. The largest absolute Gasteiger partial charge is 0.364 e. The molecule has 7 nitrogen and oxygen atoms in total. The zero-order valence-corrected chi connectivity index (χ0v) is 8.34. The van der Waals surface area contributed by atoms with Crippen LogP contribution in [0.25, 0.3) is 0 Å². The Balaban J connectivity index is 1.98. The van der Waals surface area contributed by atoms with Crippen molar-refractivity contribution in [3.8, 4) is 0 Å². The molecule has 82 valence electrons. The molecule has 4 N–H and O–H groups in total. The molecule has 0 unspecified atom stereocenters. The SMILES string of the molecule is NC(=O)c1ccc(NCc2ccn[nH]2)nn1. The molecule has 0 aliphatic rings. The number of amides is 1. The number of aromatic amines is 1. The van der Waals surface area contributed by atoms with Crippen LogP contribution in [0.4, 0.5) is 5.82 Å². The highest BCUT2D eigenvalue weighted by Crippen LogP contribution is 2.03. The van der Waals surface area contributed by atoms with E-state index in [1.54, 1.807) is 12.3 Å². The Bertz CT molecular complexity index is 463. The number of aromatic nitrogens is 4. The normalized spacial score (nSPS) is 10.0. The van der Waals surface area contributed by atoms with E-state index in [1.165, 1.54) is 6.07 Å². The van der Waals surface area contributed by atoms with Crippen molar-refractivity contribution in [2.45, 2.75) is 6.54 Å². The summed E-state index contributed by atoms with van der Waals surface area (Å²) in [6.45, 7) is 0.560. The van der Waals surface area contributed by atoms with Gasteiger partial charge in [0.1, 0.15) is 5.82 Å². The number of hydrogen-bond acceptors (Lipinski definition) is 5. The van der Waals surface area contributed by atoms with E-state index in [0.717, 1.165) is 5.69 Å². The van der Waals surface area contributed by atoms with Crippen molar-refractivity contribution in [1.82, 2.24) is 20.4 Å². The topological polar surface area (TPSA) is 110 Å². The molecule has 0 atom stereocenters. The Morgan fingerprint density at radius 1 is 1.38 bits per heavy atom. The summed E-state index contributed by atoms with van der Waals surface area (Å²) in [4.78, 5) is 10.7. The van der Waals surface area contributed by atoms with Crippen LogP contribution in [0, 0.1) is 0 Å². The van der Waals surface area contributed by atoms with Crippen molar-refractivity contribution in [3.05, 3.63) is 35.8 Å². The summed E-state index contributed by atoms with van der Waals surface area (Å²) in [5.41, 5.74) is 6.12. The quantitative estimate of drug-likeness (QED) is 0.664. The van der Waals surface area contributed by atoms with Crippen LogP contribution in [0.1, 0.15) is 16.2 Å². The molecule has 0 aliphatic carbocycles. The van der Waals surface area contributed by atoms with Crippen molar-refractivity contribution >= 4 is 11.7 Å². The third-order valence-electron chi connectivity index (χ3n) is 1.94. The number of carbonyl (C=O) groups is 1. The fourth-order valence-electron chi connectivity index (χ4n) is 1.13. The molecular weight excluding hydrogens is 208 g/mol. The minimum Gasteiger partial charge on any atom is -0.364 e. The zero-order valence-electron chi connectivity index (χ0n) is 8.34. The van der Waals surface area contributed by atoms with Crippen LogP contribution >= 0.6 is 0 Å². The summed E-state index contributed by atoms with van der Waals surface area (Å²) in [5.74, 6) is -0.0211. The number of nitrogens with two attached hydrogens (primary N) is 1. The molecular formula is C9H10N6O. The molecule has 2 heterocycles. The maximum atomic E-state index is 10.7. The van der Waals surface area contributed by atoms with Crippen molar-refractivity contribution < 1.29 is 4.79 Å². The molecule has 16 heavy (non-hydrogen) atoms. The second kappa shape index (κ2) is 4.39. The fourth-order valence-corrected chi connectivity index (χ4v) is 1.13. The van der Waals surface area contributed by atoms with E-state index >= 15 is 0 Å². The molecule has 0 saturated carbocycles. The highest BCUT2D eigenvalue weighted by Gasteiger charge is 2.02. The first-order valence-electron chi connectivity index (χ1n) is 4.61. The average molecular weight is 218 g/mol. The first kappa shape index (κ1) is 10.1. The molecule has 0 radical (unpaired) electrons.